The highest BCUT2D eigenvalue weighted by atomic mass is 16.5. The van der Waals surface area contributed by atoms with Crippen molar-refractivity contribution in [2.75, 3.05) is 23.0 Å². The quantitative estimate of drug-likeness (QED) is 0.423. The fourth-order valence-corrected chi connectivity index (χ4v) is 2.94. The van der Waals surface area contributed by atoms with E-state index in [0.717, 1.165) is 11.4 Å². The number of aliphatic hydroxyl groups excluding tert-OH is 1. The van der Waals surface area contributed by atoms with Gasteiger partial charge < -0.3 is 25.8 Å². The zero-order valence-electron chi connectivity index (χ0n) is 16.4. The summed E-state index contributed by atoms with van der Waals surface area (Å²) in [5.41, 5.74) is 10.6. The molecule has 0 aliphatic rings. The zero-order chi connectivity index (χ0) is 20.1. The van der Waals surface area contributed by atoms with E-state index in [4.69, 9.17) is 10.5 Å². The molecule has 0 aliphatic heterocycles. The summed E-state index contributed by atoms with van der Waals surface area (Å²) < 4.78 is 5.84. The Labute approximate surface area is 165 Å². The first-order valence-corrected chi connectivity index (χ1v) is 9.15. The molecule has 0 amide bonds. The molecule has 0 bridgehead atoms. The van der Waals surface area contributed by atoms with Crippen LogP contribution in [0.4, 0.5) is 17.1 Å². The number of ether oxygens (including phenoxy) is 1. The summed E-state index contributed by atoms with van der Waals surface area (Å²) in [6, 6.07) is 17.3. The van der Waals surface area contributed by atoms with Crippen LogP contribution in [0.5, 0.6) is 11.5 Å². The lowest BCUT2D eigenvalue weighted by Gasteiger charge is -2.30. The Kier molecular flexibility index (Phi) is 6.01. The van der Waals surface area contributed by atoms with Crippen LogP contribution in [0.3, 0.4) is 0 Å². The maximum absolute atomic E-state index is 9.19. The predicted molar refractivity (Wildman–Crippen MR) is 114 cm³/mol. The SMILES string of the molecule is Cc1cccc(NC(C)N(C)c2ccc(Oc3ccnc(CO)c3)cc2N)c1. The second-order valence-corrected chi connectivity index (χ2v) is 6.76. The number of benzene rings is 2. The zero-order valence-corrected chi connectivity index (χ0v) is 16.4. The highest BCUT2D eigenvalue weighted by Crippen LogP contribution is 2.31. The van der Waals surface area contributed by atoms with Crippen molar-refractivity contribution in [2.24, 2.45) is 0 Å². The van der Waals surface area contributed by atoms with E-state index in [2.05, 4.69) is 41.2 Å². The second-order valence-electron chi connectivity index (χ2n) is 6.76. The minimum Gasteiger partial charge on any atom is -0.457 e. The number of nitrogens with two attached hydrogens (primary N) is 1. The van der Waals surface area contributed by atoms with Gasteiger partial charge in [-0.05, 0) is 49.7 Å². The number of hydrogen-bond donors (Lipinski definition) is 3. The first-order valence-electron chi connectivity index (χ1n) is 9.15. The lowest BCUT2D eigenvalue weighted by molar-refractivity contribution is 0.276. The van der Waals surface area contributed by atoms with Crippen molar-refractivity contribution in [3.8, 4) is 11.5 Å². The summed E-state index contributed by atoms with van der Waals surface area (Å²) in [6.45, 7) is 4.02. The minimum atomic E-state index is -0.130. The molecule has 0 saturated carbocycles. The number of nitrogens with zero attached hydrogens (tertiary/aromatic N) is 2. The van der Waals surface area contributed by atoms with Gasteiger partial charge in [0.25, 0.3) is 0 Å². The van der Waals surface area contributed by atoms with Gasteiger partial charge in [0, 0.05) is 31.1 Å². The molecule has 6 nitrogen and oxygen atoms in total. The molecule has 0 fully saturated rings. The molecule has 146 valence electrons. The summed E-state index contributed by atoms with van der Waals surface area (Å²) >= 11 is 0. The number of hydrogen-bond acceptors (Lipinski definition) is 6. The number of aromatic nitrogens is 1. The van der Waals surface area contributed by atoms with Gasteiger partial charge >= 0.3 is 0 Å². The van der Waals surface area contributed by atoms with Crippen molar-refractivity contribution in [1.82, 2.24) is 4.98 Å². The summed E-state index contributed by atoms with van der Waals surface area (Å²) in [4.78, 5) is 6.13. The van der Waals surface area contributed by atoms with Gasteiger partial charge in [0.05, 0.1) is 29.8 Å². The van der Waals surface area contributed by atoms with Gasteiger partial charge in [-0.25, -0.2) is 0 Å². The fraction of sp³-hybridized carbons (Fsp3) is 0.227. The summed E-state index contributed by atoms with van der Waals surface area (Å²) in [5, 5.41) is 12.7. The molecular formula is C22H26N4O2. The number of nitrogen functional groups attached to an aromatic ring is 1. The van der Waals surface area contributed by atoms with E-state index in [1.807, 2.05) is 31.3 Å². The summed E-state index contributed by atoms with van der Waals surface area (Å²) in [5.74, 6) is 1.23. The van der Waals surface area contributed by atoms with Gasteiger partial charge in [-0.3, -0.25) is 4.98 Å². The molecule has 1 heterocycles. The molecule has 0 saturated heterocycles. The van der Waals surface area contributed by atoms with E-state index in [0.29, 0.717) is 22.9 Å². The standard InChI is InChI=1S/C22H26N4O2/c1-15-5-4-6-17(11-15)25-16(2)26(3)22-8-7-19(13-21(22)23)28-20-9-10-24-18(12-20)14-27/h4-13,16,25,27H,14,23H2,1-3H3. The molecule has 1 unspecified atom stereocenters. The van der Waals surface area contributed by atoms with Gasteiger partial charge in [-0.2, -0.15) is 0 Å². The Bertz CT molecular complexity index is 945. The molecule has 28 heavy (non-hydrogen) atoms. The van der Waals surface area contributed by atoms with E-state index in [1.54, 1.807) is 24.4 Å². The fourth-order valence-electron chi connectivity index (χ4n) is 2.94. The van der Waals surface area contributed by atoms with Crippen LogP contribution < -0.4 is 20.7 Å². The third-order valence-electron chi connectivity index (χ3n) is 4.54. The summed E-state index contributed by atoms with van der Waals surface area (Å²) in [6.07, 6.45) is 1.65. The molecule has 0 aliphatic carbocycles. The van der Waals surface area contributed by atoms with Gasteiger partial charge in [-0.15, -0.1) is 0 Å². The summed E-state index contributed by atoms with van der Waals surface area (Å²) in [7, 11) is 2.00. The Balaban J connectivity index is 1.71. The van der Waals surface area contributed by atoms with Crippen LogP contribution in [-0.2, 0) is 6.61 Å². The maximum Gasteiger partial charge on any atom is 0.130 e. The third kappa shape index (κ3) is 4.72. The molecule has 4 N–H and O–H groups in total. The first-order chi connectivity index (χ1) is 13.5. The highest BCUT2D eigenvalue weighted by molar-refractivity contribution is 5.70. The van der Waals surface area contributed by atoms with E-state index in [-0.39, 0.29) is 12.8 Å². The molecule has 1 atom stereocenters. The van der Waals surface area contributed by atoms with Crippen molar-refractivity contribution in [2.45, 2.75) is 26.6 Å². The van der Waals surface area contributed by atoms with Crippen LogP contribution >= 0.6 is 0 Å². The van der Waals surface area contributed by atoms with E-state index < -0.39 is 0 Å². The number of aliphatic hydroxyl groups is 1. The average molecular weight is 378 g/mol. The van der Waals surface area contributed by atoms with Crippen molar-refractivity contribution in [1.29, 1.82) is 0 Å². The molecule has 3 rings (SSSR count). The maximum atomic E-state index is 9.19. The highest BCUT2D eigenvalue weighted by Gasteiger charge is 2.13. The lowest BCUT2D eigenvalue weighted by Crippen LogP contribution is -2.35. The average Bonchev–Trinajstić information content (AvgIpc) is 2.68. The topological polar surface area (TPSA) is 83.6 Å². The van der Waals surface area contributed by atoms with Crippen LogP contribution in [0, 0.1) is 6.92 Å². The second kappa shape index (κ2) is 8.63. The predicted octanol–water partition coefficient (Wildman–Crippen LogP) is 4.15. The molecule has 6 heteroatoms. The Morgan fingerprint density at radius 2 is 1.93 bits per heavy atom. The lowest BCUT2D eigenvalue weighted by atomic mass is 10.2. The van der Waals surface area contributed by atoms with E-state index in [9.17, 15) is 5.11 Å². The van der Waals surface area contributed by atoms with Crippen LogP contribution in [0.1, 0.15) is 18.2 Å². The molecule has 0 radical (unpaired) electrons. The number of anilines is 3. The number of aryl methyl sites for hydroxylation is 1. The van der Waals surface area contributed by atoms with Crippen molar-refractivity contribution in [3.05, 3.63) is 72.1 Å². The van der Waals surface area contributed by atoms with Gasteiger partial charge in [0.1, 0.15) is 11.5 Å². The largest absolute Gasteiger partial charge is 0.457 e. The van der Waals surface area contributed by atoms with Crippen molar-refractivity contribution in [3.63, 3.8) is 0 Å². The monoisotopic (exact) mass is 378 g/mol. The molecular weight excluding hydrogens is 352 g/mol. The van der Waals surface area contributed by atoms with Crippen LogP contribution in [-0.4, -0.2) is 23.3 Å². The Morgan fingerprint density at radius 3 is 2.64 bits per heavy atom. The van der Waals surface area contributed by atoms with Crippen LogP contribution in [0.2, 0.25) is 0 Å². The molecule has 2 aromatic carbocycles. The van der Waals surface area contributed by atoms with Crippen LogP contribution in [0.25, 0.3) is 0 Å². The number of rotatable bonds is 7. The van der Waals surface area contributed by atoms with E-state index >= 15 is 0 Å². The normalized spacial score (nSPS) is 11.7. The van der Waals surface area contributed by atoms with Crippen LogP contribution in [0.15, 0.2) is 60.8 Å². The molecule has 3 aromatic rings. The Hall–Kier alpha value is -3.25. The van der Waals surface area contributed by atoms with Gasteiger partial charge in [-0.1, -0.05) is 12.1 Å². The third-order valence-corrected chi connectivity index (χ3v) is 4.54. The van der Waals surface area contributed by atoms with Gasteiger partial charge in [0.15, 0.2) is 0 Å². The number of pyridine rings is 1. The molecule has 1 aromatic heterocycles. The number of nitrogens with one attached hydrogen (secondary N) is 1. The Morgan fingerprint density at radius 1 is 1.14 bits per heavy atom. The van der Waals surface area contributed by atoms with E-state index in [1.165, 1.54) is 5.56 Å². The van der Waals surface area contributed by atoms with Crippen molar-refractivity contribution >= 4 is 17.1 Å². The first kappa shape index (κ1) is 19.5. The van der Waals surface area contributed by atoms with Crippen molar-refractivity contribution < 1.29 is 9.84 Å². The van der Waals surface area contributed by atoms with Gasteiger partial charge in [0.2, 0.25) is 0 Å². The minimum absolute atomic E-state index is 0.0446. The smallest absolute Gasteiger partial charge is 0.130 e. The molecule has 0 spiro atoms.